The average molecular weight is 421 g/mol. The number of rotatable bonds is 7. The zero-order chi connectivity index (χ0) is 21.8. The van der Waals surface area contributed by atoms with E-state index >= 15 is 0 Å². The molecule has 1 heterocycles. The minimum atomic E-state index is -2.98. The minimum Gasteiger partial charge on any atom is -0.493 e. The number of ether oxygens (including phenoxy) is 4. The highest BCUT2D eigenvalue weighted by Gasteiger charge is 2.30. The fourth-order valence-corrected chi connectivity index (χ4v) is 3.69. The van der Waals surface area contributed by atoms with Gasteiger partial charge in [-0.05, 0) is 61.7 Å². The summed E-state index contributed by atoms with van der Waals surface area (Å²) in [6, 6.07) is 7.88. The first-order valence-electron chi connectivity index (χ1n) is 9.67. The zero-order valence-electron chi connectivity index (χ0n) is 17.4. The van der Waals surface area contributed by atoms with Crippen molar-refractivity contribution < 1.29 is 32.5 Å². The van der Waals surface area contributed by atoms with Crippen molar-refractivity contribution in [3.63, 3.8) is 0 Å². The molecule has 2 aromatic carbocycles. The Morgan fingerprint density at radius 2 is 1.80 bits per heavy atom. The number of alkyl halides is 2. The molecule has 0 saturated heterocycles. The summed E-state index contributed by atoms with van der Waals surface area (Å²) >= 11 is 0. The van der Waals surface area contributed by atoms with Crippen molar-refractivity contribution in [2.75, 3.05) is 27.4 Å². The van der Waals surface area contributed by atoms with Crippen LogP contribution in [0.25, 0.3) is 0 Å². The third-order valence-corrected chi connectivity index (χ3v) is 5.15. The second kappa shape index (κ2) is 9.19. The van der Waals surface area contributed by atoms with E-state index in [4.69, 9.17) is 14.2 Å². The van der Waals surface area contributed by atoms with Crippen molar-refractivity contribution in [3.8, 4) is 23.0 Å². The van der Waals surface area contributed by atoms with Crippen LogP contribution in [0.15, 0.2) is 30.3 Å². The molecule has 1 atom stereocenters. The molecule has 30 heavy (non-hydrogen) atoms. The van der Waals surface area contributed by atoms with Crippen LogP contribution in [0, 0.1) is 0 Å². The minimum absolute atomic E-state index is 0.0998. The summed E-state index contributed by atoms with van der Waals surface area (Å²) in [5.41, 5.74) is 2.42. The zero-order valence-corrected chi connectivity index (χ0v) is 17.4. The maximum atomic E-state index is 13.2. The van der Waals surface area contributed by atoms with Gasteiger partial charge in [0, 0.05) is 12.1 Å². The van der Waals surface area contributed by atoms with Crippen LogP contribution >= 0.6 is 0 Å². The Bertz CT molecular complexity index is 919. The van der Waals surface area contributed by atoms with Crippen LogP contribution < -0.4 is 18.9 Å². The lowest BCUT2D eigenvalue weighted by Crippen LogP contribution is -2.38. The van der Waals surface area contributed by atoms with E-state index in [1.54, 1.807) is 26.0 Å². The predicted molar refractivity (Wildman–Crippen MR) is 107 cm³/mol. The van der Waals surface area contributed by atoms with Gasteiger partial charge in [0.1, 0.15) is 0 Å². The molecule has 162 valence electrons. The molecular weight excluding hydrogens is 396 g/mol. The summed E-state index contributed by atoms with van der Waals surface area (Å²) in [5.74, 6) is 1.05. The second-order valence-electron chi connectivity index (χ2n) is 6.80. The Balaban J connectivity index is 1.90. The van der Waals surface area contributed by atoms with Crippen molar-refractivity contribution in [2.45, 2.75) is 32.9 Å². The number of methoxy groups -OCH3 is 2. The number of benzene rings is 2. The van der Waals surface area contributed by atoms with Gasteiger partial charge in [-0.25, -0.2) is 0 Å². The summed E-state index contributed by atoms with van der Waals surface area (Å²) < 4.78 is 45.9. The lowest BCUT2D eigenvalue weighted by Gasteiger charge is -2.36. The van der Waals surface area contributed by atoms with Gasteiger partial charge in [0.2, 0.25) is 0 Å². The predicted octanol–water partition coefficient (Wildman–Crippen LogP) is 4.46. The lowest BCUT2D eigenvalue weighted by atomic mass is 9.92. The van der Waals surface area contributed by atoms with Crippen molar-refractivity contribution in [3.05, 3.63) is 47.0 Å². The fourth-order valence-electron chi connectivity index (χ4n) is 3.69. The number of hydrogen-bond acceptors (Lipinski definition) is 5. The standard InChI is InChI=1S/C22H25F2NO5/c1-5-29-20-11-15(6-7-17(20)30-22(23)24)21(26)25-9-8-14-10-18(27-3)19(28-4)12-16(14)13(25)2/h6-7,10-13,22H,5,8-9H2,1-4H3. The third kappa shape index (κ3) is 4.27. The first-order chi connectivity index (χ1) is 14.4. The summed E-state index contributed by atoms with van der Waals surface area (Å²) in [5, 5.41) is 0. The Morgan fingerprint density at radius 1 is 1.10 bits per heavy atom. The van der Waals surface area contributed by atoms with E-state index in [-0.39, 0.29) is 30.1 Å². The summed E-state index contributed by atoms with van der Waals surface area (Å²) in [6.07, 6.45) is 0.663. The number of carbonyl (C=O) groups excluding carboxylic acids is 1. The molecule has 1 amide bonds. The fraction of sp³-hybridized carbons (Fsp3) is 0.409. The van der Waals surface area contributed by atoms with Gasteiger partial charge >= 0.3 is 6.61 Å². The summed E-state index contributed by atoms with van der Waals surface area (Å²) in [7, 11) is 3.16. The van der Waals surface area contributed by atoms with Gasteiger partial charge in [-0.1, -0.05) is 0 Å². The van der Waals surface area contributed by atoms with Crippen molar-refractivity contribution in [1.82, 2.24) is 4.90 Å². The highest BCUT2D eigenvalue weighted by molar-refractivity contribution is 5.95. The van der Waals surface area contributed by atoms with Crippen molar-refractivity contribution in [1.29, 1.82) is 0 Å². The number of carbonyl (C=O) groups is 1. The quantitative estimate of drug-likeness (QED) is 0.661. The van der Waals surface area contributed by atoms with Gasteiger partial charge in [0.15, 0.2) is 23.0 Å². The van der Waals surface area contributed by atoms with E-state index in [9.17, 15) is 13.6 Å². The van der Waals surface area contributed by atoms with Crippen LogP contribution in [0.4, 0.5) is 8.78 Å². The molecule has 0 N–H and O–H groups in total. The SMILES string of the molecule is CCOc1cc(C(=O)N2CCc3cc(OC)c(OC)cc3C2C)ccc1OC(F)F. The molecule has 3 rings (SSSR count). The van der Waals surface area contributed by atoms with E-state index < -0.39 is 6.61 Å². The van der Waals surface area contributed by atoms with Crippen molar-refractivity contribution >= 4 is 5.91 Å². The number of hydrogen-bond donors (Lipinski definition) is 0. The summed E-state index contributed by atoms with van der Waals surface area (Å²) in [4.78, 5) is 15.0. The van der Waals surface area contributed by atoms with Crippen LogP contribution in [-0.2, 0) is 6.42 Å². The highest BCUT2D eigenvalue weighted by Crippen LogP contribution is 2.39. The van der Waals surface area contributed by atoms with Gasteiger partial charge in [0.05, 0.1) is 26.9 Å². The molecule has 8 heteroatoms. The molecule has 2 aromatic rings. The van der Waals surface area contributed by atoms with Crippen molar-refractivity contribution in [2.24, 2.45) is 0 Å². The molecule has 0 radical (unpaired) electrons. The second-order valence-corrected chi connectivity index (χ2v) is 6.80. The van der Waals surface area contributed by atoms with Gasteiger partial charge in [-0.15, -0.1) is 0 Å². The normalized spacial score (nSPS) is 15.6. The van der Waals surface area contributed by atoms with Gasteiger partial charge < -0.3 is 23.8 Å². The first-order valence-corrected chi connectivity index (χ1v) is 9.67. The van der Waals surface area contributed by atoms with Crippen LogP contribution in [0.5, 0.6) is 23.0 Å². The van der Waals surface area contributed by atoms with E-state index in [1.807, 2.05) is 19.1 Å². The molecule has 0 aromatic heterocycles. The largest absolute Gasteiger partial charge is 0.493 e. The third-order valence-electron chi connectivity index (χ3n) is 5.15. The van der Waals surface area contributed by atoms with Crippen LogP contribution in [0.3, 0.4) is 0 Å². The van der Waals surface area contributed by atoms with E-state index in [1.165, 1.54) is 18.2 Å². The average Bonchev–Trinajstić information content (AvgIpc) is 2.73. The van der Waals surface area contributed by atoms with Gasteiger partial charge in [-0.2, -0.15) is 8.78 Å². The van der Waals surface area contributed by atoms with Gasteiger partial charge in [-0.3, -0.25) is 4.79 Å². The molecule has 1 aliphatic heterocycles. The highest BCUT2D eigenvalue weighted by atomic mass is 19.3. The first kappa shape index (κ1) is 21.7. The van der Waals surface area contributed by atoms with Crippen LogP contribution in [-0.4, -0.2) is 44.8 Å². The lowest BCUT2D eigenvalue weighted by molar-refractivity contribution is -0.0514. The molecule has 0 saturated carbocycles. The molecule has 0 bridgehead atoms. The number of amides is 1. The smallest absolute Gasteiger partial charge is 0.387 e. The van der Waals surface area contributed by atoms with Crippen LogP contribution in [0.1, 0.15) is 41.4 Å². The Morgan fingerprint density at radius 3 is 2.43 bits per heavy atom. The molecule has 1 unspecified atom stereocenters. The molecule has 6 nitrogen and oxygen atoms in total. The summed E-state index contributed by atoms with van der Waals surface area (Å²) in [6.45, 7) is 1.47. The number of halogens is 2. The number of nitrogens with zero attached hydrogens (tertiary/aromatic N) is 1. The maximum Gasteiger partial charge on any atom is 0.387 e. The maximum absolute atomic E-state index is 13.2. The monoisotopic (exact) mass is 421 g/mol. The van der Waals surface area contributed by atoms with E-state index in [0.717, 1.165) is 11.1 Å². The van der Waals surface area contributed by atoms with E-state index in [2.05, 4.69) is 4.74 Å². The van der Waals surface area contributed by atoms with Crippen LogP contribution in [0.2, 0.25) is 0 Å². The molecular formula is C22H25F2NO5. The Hall–Kier alpha value is -3.03. The molecule has 0 spiro atoms. The van der Waals surface area contributed by atoms with Gasteiger partial charge in [0.25, 0.3) is 5.91 Å². The molecule has 0 aliphatic carbocycles. The molecule has 0 fully saturated rings. The van der Waals surface area contributed by atoms with E-state index in [0.29, 0.717) is 30.0 Å². The Labute approximate surface area is 174 Å². The topological polar surface area (TPSA) is 57.2 Å². The number of fused-ring (bicyclic) bond motifs is 1. The Kier molecular flexibility index (Phi) is 6.64. The molecule has 1 aliphatic rings.